The Hall–Kier alpha value is -1.33. The third kappa shape index (κ3) is 2.60. The van der Waals surface area contributed by atoms with Crippen LogP contribution in [-0.4, -0.2) is 20.9 Å². The fraction of sp³-hybridized carbons (Fsp3) is 0.286. The fourth-order valence-corrected chi connectivity index (χ4v) is 2.81. The SMILES string of the molecule is Cc1cc(Br)ccc1-n1nc(C(C)C)c(C(=O)O)c1Cl. The summed E-state index contributed by atoms with van der Waals surface area (Å²) in [6.07, 6.45) is 0. The van der Waals surface area contributed by atoms with Gasteiger partial charge in [0.25, 0.3) is 0 Å². The van der Waals surface area contributed by atoms with Gasteiger partial charge in [-0.25, -0.2) is 9.48 Å². The number of hydrogen-bond acceptors (Lipinski definition) is 2. The topological polar surface area (TPSA) is 55.1 Å². The number of benzene rings is 1. The van der Waals surface area contributed by atoms with E-state index in [1.807, 2.05) is 39.0 Å². The molecule has 1 N–H and O–H groups in total. The van der Waals surface area contributed by atoms with Crippen LogP contribution in [-0.2, 0) is 0 Å². The molecule has 0 saturated carbocycles. The molecule has 0 aliphatic rings. The van der Waals surface area contributed by atoms with Crippen molar-refractivity contribution in [1.29, 1.82) is 0 Å². The second kappa shape index (κ2) is 5.58. The van der Waals surface area contributed by atoms with E-state index in [-0.39, 0.29) is 16.6 Å². The van der Waals surface area contributed by atoms with Crippen LogP contribution in [0, 0.1) is 6.92 Å². The van der Waals surface area contributed by atoms with Crippen molar-refractivity contribution >= 4 is 33.5 Å². The standard InChI is InChI=1S/C14H14BrClN2O2/c1-7(2)12-11(14(19)20)13(16)18(17-12)10-5-4-9(15)6-8(10)3/h4-7H,1-3H3,(H,19,20). The van der Waals surface area contributed by atoms with Crippen molar-refractivity contribution < 1.29 is 9.90 Å². The van der Waals surface area contributed by atoms with E-state index in [1.165, 1.54) is 4.68 Å². The van der Waals surface area contributed by atoms with Crippen molar-refractivity contribution in [3.8, 4) is 5.69 Å². The number of nitrogens with zero attached hydrogens (tertiary/aromatic N) is 2. The molecule has 0 aliphatic heterocycles. The molecule has 1 heterocycles. The predicted octanol–water partition coefficient (Wildman–Crippen LogP) is 4.42. The molecule has 1 aromatic carbocycles. The van der Waals surface area contributed by atoms with E-state index in [0.717, 1.165) is 15.7 Å². The minimum absolute atomic E-state index is 0.0180. The van der Waals surface area contributed by atoms with Crippen molar-refractivity contribution in [2.24, 2.45) is 0 Å². The molecule has 6 heteroatoms. The normalized spacial score (nSPS) is 11.1. The lowest BCUT2D eigenvalue weighted by atomic mass is 10.1. The molecule has 0 atom stereocenters. The first kappa shape index (κ1) is 15.1. The molecule has 0 aliphatic carbocycles. The van der Waals surface area contributed by atoms with E-state index >= 15 is 0 Å². The first-order valence-electron chi connectivity index (χ1n) is 6.11. The van der Waals surface area contributed by atoms with Gasteiger partial charge < -0.3 is 5.11 Å². The Morgan fingerprint density at radius 3 is 2.55 bits per heavy atom. The summed E-state index contributed by atoms with van der Waals surface area (Å²) in [4.78, 5) is 11.4. The third-order valence-electron chi connectivity index (χ3n) is 3.00. The monoisotopic (exact) mass is 356 g/mol. The van der Waals surface area contributed by atoms with Gasteiger partial charge in [-0.15, -0.1) is 0 Å². The average Bonchev–Trinajstić information content (AvgIpc) is 2.67. The van der Waals surface area contributed by atoms with Crippen molar-refractivity contribution in [1.82, 2.24) is 9.78 Å². The minimum Gasteiger partial charge on any atom is -0.478 e. The number of carbonyl (C=O) groups is 1. The summed E-state index contributed by atoms with van der Waals surface area (Å²) in [6.45, 7) is 5.71. The molecule has 4 nitrogen and oxygen atoms in total. The zero-order valence-electron chi connectivity index (χ0n) is 11.3. The van der Waals surface area contributed by atoms with Gasteiger partial charge in [0.2, 0.25) is 0 Å². The van der Waals surface area contributed by atoms with Crippen molar-refractivity contribution in [3.05, 3.63) is 44.6 Å². The van der Waals surface area contributed by atoms with Gasteiger partial charge in [0.1, 0.15) is 10.7 Å². The lowest BCUT2D eigenvalue weighted by Gasteiger charge is -2.07. The van der Waals surface area contributed by atoms with Gasteiger partial charge in [0.15, 0.2) is 0 Å². The Kier molecular flexibility index (Phi) is 4.20. The highest BCUT2D eigenvalue weighted by atomic mass is 79.9. The Morgan fingerprint density at radius 1 is 1.45 bits per heavy atom. The molecule has 0 spiro atoms. The maximum Gasteiger partial charge on any atom is 0.340 e. The number of rotatable bonds is 3. The highest BCUT2D eigenvalue weighted by molar-refractivity contribution is 9.10. The molecule has 0 bridgehead atoms. The predicted molar refractivity (Wildman–Crippen MR) is 82.1 cm³/mol. The van der Waals surface area contributed by atoms with E-state index in [2.05, 4.69) is 21.0 Å². The smallest absolute Gasteiger partial charge is 0.340 e. The molecule has 2 aromatic rings. The van der Waals surface area contributed by atoms with E-state index in [4.69, 9.17) is 11.6 Å². The van der Waals surface area contributed by atoms with Crippen molar-refractivity contribution in [2.45, 2.75) is 26.7 Å². The van der Waals surface area contributed by atoms with Gasteiger partial charge >= 0.3 is 5.97 Å². The van der Waals surface area contributed by atoms with Crippen LogP contribution in [0.3, 0.4) is 0 Å². The number of aryl methyl sites for hydroxylation is 1. The second-order valence-corrected chi connectivity index (χ2v) is 6.13. The number of aromatic nitrogens is 2. The van der Waals surface area contributed by atoms with Crippen LogP contribution < -0.4 is 0 Å². The highest BCUT2D eigenvalue weighted by Crippen LogP contribution is 2.30. The maximum absolute atomic E-state index is 11.4. The Bertz CT molecular complexity index is 680. The van der Waals surface area contributed by atoms with Crippen LogP contribution in [0.1, 0.15) is 41.4 Å². The van der Waals surface area contributed by atoms with Crippen molar-refractivity contribution in [2.75, 3.05) is 0 Å². The van der Waals surface area contributed by atoms with Crippen LogP contribution in [0.15, 0.2) is 22.7 Å². The van der Waals surface area contributed by atoms with Crippen LogP contribution in [0.2, 0.25) is 5.15 Å². The van der Waals surface area contributed by atoms with Gasteiger partial charge in [-0.3, -0.25) is 0 Å². The fourth-order valence-electron chi connectivity index (χ4n) is 2.03. The van der Waals surface area contributed by atoms with Crippen LogP contribution in [0.5, 0.6) is 0 Å². The quantitative estimate of drug-likeness (QED) is 0.884. The summed E-state index contributed by atoms with van der Waals surface area (Å²) in [5.41, 5.74) is 2.29. The van der Waals surface area contributed by atoms with Crippen LogP contribution >= 0.6 is 27.5 Å². The van der Waals surface area contributed by atoms with E-state index in [9.17, 15) is 9.90 Å². The summed E-state index contributed by atoms with van der Waals surface area (Å²) in [5, 5.41) is 13.8. The maximum atomic E-state index is 11.4. The van der Waals surface area contributed by atoms with Gasteiger partial charge in [0, 0.05) is 4.47 Å². The van der Waals surface area contributed by atoms with Crippen LogP contribution in [0.25, 0.3) is 5.69 Å². The Morgan fingerprint density at radius 2 is 2.10 bits per heavy atom. The lowest BCUT2D eigenvalue weighted by molar-refractivity contribution is 0.0695. The average molecular weight is 358 g/mol. The number of hydrogen-bond donors (Lipinski definition) is 1. The first-order chi connectivity index (χ1) is 9.32. The molecule has 20 heavy (non-hydrogen) atoms. The molecule has 0 fully saturated rings. The summed E-state index contributed by atoms with van der Waals surface area (Å²) in [5.74, 6) is -1.07. The molecule has 0 unspecified atom stereocenters. The zero-order chi connectivity index (χ0) is 15.0. The second-order valence-electron chi connectivity index (χ2n) is 4.85. The minimum atomic E-state index is -1.06. The van der Waals surface area contributed by atoms with Gasteiger partial charge in [-0.2, -0.15) is 5.10 Å². The molecule has 0 radical (unpaired) electrons. The van der Waals surface area contributed by atoms with Crippen LogP contribution in [0.4, 0.5) is 0 Å². The molecule has 106 valence electrons. The van der Waals surface area contributed by atoms with E-state index in [0.29, 0.717) is 5.69 Å². The van der Waals surface area contributed by atoms with Gasteiger partial charge in [0.05, 0.1) is 11.4 Å². The van der Waals surface area contributed by atoms with E-state index < -0.39 is 5.97 Å². The molecule has 1 aromatic heterocycles. The summed E-state index contributed by atoms with van der Waals surface area (Å²) < 4.78 is 2.44. The Balaban J connectivity index is 2.69. The largest absolute Gasteiger partial charge is 0.478 e. The van der Waals surface area contributed by atoms with Crippen molar-refractivity contribution in [3.63, 3.8) is 0 Å². The number of aromatic carboxylic acids is 1. The van der Waals surface area contributed by atoms with Gasteiger partial charge in [-0.05, 0) is 36.6 Å². The zero-order valence-corrected chi connectivity index (χ0v) is 13.7. The lowest BCUT2D eigenvalue weighted by Crippen LogP contribution is -2.01. The summed E-state index contributed by atoms with van der Waals surface area (Å²) >= 11 is 9.62. The Labute approximate surface area is 130 Å². The molecular formula is C14H14BrClN2O2. The highest BCUT2D eigenvalue weighted by Gasteiger charge is 2.25. The van der Waals surface area contributed by atoms with Gasteiger partial charge in [-0.1, -0.05) is 41.4 Å². The summed E-state index contributed by atoms with van der Waals surface area (Å²) in [7, 11) is 0. The van der Waals surface area contributed by atoms with E-state index in [1.54, 1.807) is 0 Å². The summed E-state index contributed by atoms with van der Waals surface area (Å²) in [6, 6.07) is 5.66. The molecule has 2 rings (SSSR count). The number of carboxylic acid groups (broad SMARTS) is 1. The first-order valence-corrected chi connectivity index (χ1v) is 7.28. The molecule has 0 amide bonds. The molecule has 0 saturated heterocycles. The third-order valence-corrected chi connectivity index (χ3v) is 3.85. The number of halogens is 2. The number of carboxylic acids is 1. The molecular weight excluding hydrogens is 344 g/mol.